The maximum atomic E-state index is 13.7. The highest BCUT2D eigenvalue weighted by atomic mass is 35.5. The van der Waals surface area contributed by atoms with Gasteiger partial charge in [-0.1, -0.05) is 23.7 Å². The fourth-order valence-corrected chi connectivity index (χ4v) is 3.78. The van der Waals surface area contributed by atoms with Crippen LogP contribution in [0.3, 0.4) is 0 Å². The quantitative estimate of drug-likeness (QED) is 0.635. The third-order valence-corrected chi connectivity index (χ3v) is 4.89. The summed E-state index contributed by atoms with van der Waals surface area (Å²) in [6.45, 7) is 0. The minimum atomic E-state index is -1.40. The van der Waals surface area contributed by atoms with Crippen molar-refractivity contribution in [2.75, 3.05) is 7.11 Å². The molecule has 0 amide bonds. The zero-order valence-electron chi connectivity index (χ0n) is 14.1. The average Bonchev–Trinajstić information content (AvgIpc) is 2.93. The standard InChI is InChI=1S/C19H13ClFN3O3/c1-27-18(26)15-16(20)23-17(13-4-2-3-7-22-13)24-19(15)9-14(25)11-8-10(21)5-6-12(11)19/h2-8H,9H2,1H3,(H,23,24). The Hall–Kier alpha value is -3.06. The lowest BCUT2D eigenvalue weighted by atomic mass is 9.83. The summed E-state index contributed by atoms with van der Waals surface area (Å²) in [5.41, 5.74) is -0.330. The van der Waals surface area contributed by atoms with Crippen molar-refractivity contribution < 1.29 is 18.7 Å². The van der Waals surface area contributed by atoms with Crippen LogP contribution < -0.4 is 5.32 Å². The number of halogens is 2. The van der Waals surface area contributed by atoms with Crippen LogP contribution in [0.4, 0.5) is 4.39 Å². The van der Waals surface area contributed by atoms with Gasteiger partial charge in [-0.15, -0.1) is 0 Å². The van der Waals surface area contributed by atoms with Crippen molar-refractivity contribution in [1.29, 1.82) is 0 Å². The molecule has 2 aromatic rings. The van der Waals surface area contributed by atoms with Crippen molar-refractivity contribution in [3.63, 3.8) is 0 Å². The van der Waals surface area contributed by atoms with E-state index in [-0.39, 0.29) is 28.5 Å². The van der Waals surface area contributed by atoms with Crippen molar-refractivity contribution in [2.45, 2.75) is 12.0 Å². The monoisotopic (exact) mass is 385 g/mol. The first kappa shape index (κ1) is 17.4. The molecule has 8 heteroatoms. The van der Waals surface area contributed by atoms with Crippen LogP contribution in [0.25, 0.3) is 0 Å². The van der Waals surface area contributed by atoms with E-state index in [4.69, 9.17) is 16.3 Å². The molecule has 0 bridgehead atoms. The Morgan fingerprint density at radius 2 is 2.15 bits per heavy atom. The number of esters is 1. The van der Waals surface area contributed by atoms with Crippen molar-refractivity contribution in [2.24, 2.45) is 4.99 Å². The van der Waals surface area contributed by atoms with Gasteiger partial charge in [-0.25, -0.2) is 14.2 Å². The van der Waals surface area contributed by atoms with Crippen LogP contribution in [0, 0.1) is 5.82 Å². The van der Waals surface area contributed by atoms with Gasteiger partial charge in [0.1, 0.15) is 27.8 Å². The van der Waals surface area contributed by atoms with Crippen LogP contribution >= 0.6 is 11.6 Å². The summed E-state index contributed by atoms with van der Waals surface area (Å²) < 4.78 is 18.6. The summed E-state index contributed by atoms with van der Waals surface area (Å²) in [4.78, 5) is 34.0. The smallest absolute Gasteiger partial charge is 0.339 e. The number of carbonyl (C=O) groups is 2. The zero-order chi connectivity index (χ0) is 19.2. The first-order valence-corrected chi connectivity index (χ1v) is 8.44. The van der Waals surface area contributed by atoms with E-state index in [0.29, 0.717) is 17.1 Å². The number of nitrogens with one attached hydrogen (secondary N) is 1. The molecule has 0 radical (unpaired) electrons. The molecule has 0 saturated heterocycles. The van der Waals surface area contributed by atoms with E-state index >= 15 is 0 Å². The second-order valence-electron chi connectivity index (χ2n) is 6.13. The van der Waals surface area contributed by atoms with Gasteiger partial charge in [0.25, 0.3) is 0 Å². The number of fused-ring (bicyclic) bond motifs is 2. The van der Waals surface area contributed by atoms with Crippen molar-refractivity contribution in [1.82, 2.24) is 10.3 Å². The van der Waals surface area contributed by atoms with Gasteiger partial charge in [0.15, 0.2) is 11.6 Å². The third kappa shape index (κ3) is 2.62. The van der Waals surface area contributed by atoms with Crippen LogP contribution in [-0.2, 0) is 15.1 Å². The lowest BCUT2D eigenvalue weighted by molar-refractivity contribution is -0.137. The Kier molecular flexibility index (Phi) is 4.04. The van der Waals surface area contributed by atoms with Crippen LogP contribution in [0.2, 0.25) is 0 Å². The summed E-state index contributed by atoms with van der Waals surface area (Å²) in [6, 6.07) is 9.06. The molecule has 1 spiro atoms. The molecule has 1 aliphatic heterocycles. The van der Waals surface area contributed by atoms with E-state index in [1.54, 1.807) is 24.4 Å². The van der Waals surface area contributed by atoms with Crippen LogP contribution in [0.5, 0.6) is 0 Å². The van der Waals surface area contributed by atoms with Gasteiger partial charge in [-0.3, -0.25) is 9.78 Å². The average molecular weight is 386 g/mol. The predicted molar refractivity (Wildman–Crippen MR) is 95.8 cm³/mol. The number of aromatic nitrogens is 1. The minimum absolute atomic E-state index is 0.00468. The molecule has 1 aromatic heterocycles. The number of rotatable bonds is 2. The molecule has 1 N–H and O–H groups in total. The molecule has 1 aromatic carbocycles. The fourth-order valence-electron chi connectivity index (χ4n) is 3.46. The van der Waals surface area contributed by atoms with Crippen LogP contribution in [0.1, 0.15) is 28.0 Å². The van der Waals surface area contributed by atoms with Gasteiger partial charge in [-0.2, -0.15) is 0 Å². The summed E-state index contributed by atoms with van der Waals surface area (Å²) in [6.07, 6.45) is 1.42. The minimum Gasteiger partial charge on any atom is -0.465 e. The zero-order valence-corrected chi connectivity index (χ0v) is 14.9. The van der Waals surface area contributed by atoms with Gasteiger partial charge < -0.3 is 10.1 Å². The number of hydrogen-bond acceptors (Lipinski definition) is 6. The van der Waals surface area contributed by atoms with Gasteiger partial charge >= 0.3 is 5.97 Å². The Morgan fingerprint density at radius 3 is 2.85 bits per heavy atom. The normalized spacial score (nSPS) is 21.0. The number of benzene rings is 1. The molecule has 1 aliphatic carbocycles. The molecule has 0 saturated carbocycles. The van der Waals surface area contributed by atoms with Crippen molar-refractivity contribution >= 4 is 29.2 Å². The fraction of sp³-hybridized carbons (Fsp3) is 0.158. The second-order valence-corrected chi connectivity index (χ2v) is 6.51. The number of aliphatic imine (C=N–C) groups is 1. The van der Waals surface area contributed by atoms with Gasteiger partial charge in [0.05, 0.1) is 7.11 Å². The molecular weight excluding hydrogens is 373 g/mol. The number of ketones is 1. The molecule has 0 fully saturated rings. The van der Waals surface area contributed by atoms with Crippen LogP contribution in [0.15, 0.2) is 58.3 Å². The summed E-state index contributed by atoms with van der Waals surface area (Å²) in [5.74, 6) is -1.29. The Bertz CT molecular complexity index is 1040. The van der Waals surface area contributed by atoms with E-state index < -0.39 is 17.3 Å². The molecule has 2 heterocycles. The number of carbonyl (C=O) groups excluding carboxylic acids is 2. The van der Waals surface area contributed by atoms with E-state index in [9.17, 15) is 14.0 Å². The number of pyridine rings is 1. The number of amidine groups is 1. The SMILES string of the molecule is COC(=O)C1=C(Cl)NC(c2ccccn2)=NC12CC(=O)c1cc(F)ccc12. The molecular formula is C19H13ClFN3O3. The summed E-state index contributed by atoms with van der Waals surface area (Å²) in [5, 5.41) is 2.84. The summed E-state index contributed by atoms with van der Waals surface area (Å²) >= 11 is 6.39. The first-order valence-electron chi connectivity index (χ1n) is 8.06. The Morgan fingerprint density at radius 1 is 1.33 bits per heavy atom. The first-order chi connectivity index (χ1) is 13.0. The third-order valence-electron chi connectivity index (χ3n) is 4.60. The van der Waals surface area contributed by atoms with E-state index in [1.165, 1.54) is 19.2 Å². The molecule has 1 atom stereocenters. The molecule has 27 heavy (non-hydrogen) atoms. The van der Waals surface area contributed by atoms with Crippen molar-refractivity contribution in [3.05, 3.63) is 76.0 Å². The predicted octanol–water partition coefficient (Wildman–Crippen LogP) is 2.68. The van der Waals surface area contributed by atoms with Crippen LogP contribution in [-0.4, -0.2) is 29.7 Å². The molecule has 4 rings (SSSR count). The lowest BCUT2D eigenvalue weighted by Gasteiger charge is -2.32. The maximum absolute atomic E-state index is 13.7. The number of nitrogens with zero attached hydrogens (tertiary/aromatic N) is 2. The highest BCUT2D eigenvalue weighted by Crippen LogP contribution is 2.48. The molecule has 136 valence electrons. The molecule has 6 nitrogen and oxygen atoms in total. The van der Waals surface area contributed by atoms with Gasteiger partial charge in [0, 0.05) is 18.2 Å². The number of methoxy groups -OCH3 is 1. The van der Waals surface area contributed by atoms with E-state index in [0.717, 1.165) is 6.07 Å². The van der Waals surface area contributed by atoms with Gasteiger partial charge in [-0.05, 0) is 29.8 Å². The van der Waals surface area contributed by atoms with Crippen molar-refractivity contribution in [3.8, 4) is 0 Å². The Balaban J connectivity index is 1.99. The highest BCUT2D eigenvalue weighted by Gasteiger charge is 2.52. The number of hydrogen-bond donors (Lipinski definition) is 1. The molecule has 2 aliphatic rings. The molecule has 1 unspecified atom stereocenters. The topological polar surface area (TPSA) is 80.7 Å². The largest absolute Gasteiger partial charge is 0.465 e. The van der Waals surface area contributed by atoms with E-state index in [1.807, 2.05) is 0 Å². The number of Topliss-reactive ketones (excluding diaryl/α,β-unsaturated/α-hetero) is 1. The van der Waals surface area contributed by atoms with E-state index in [2.05, 4.69) is 15.3 Å². The second kappa shape index (κ2) is 6.28. The Labute approximate surface area is 158 Å². The summed E-state index contributed by atoms with van der Waals surface area (Å²) in [7, 11) is 1.22. The highest BCUT2D eigenvalue weighted by molar-refractivity contribution is 6.34. The van der Waals surface area contributed by atoms with Gasteiger partial charge in [0.2, 0.25) is 0 Å². The number of ether oxygens (including phenoxy) is 1. The lowest BCUT2D eigenvalue weighted by Crippen LogP contribution is -2.41. The maximum Gasteiger partial charge on any atom is 0.339 e.